The van der Waals surface area contributed by atoms with Gasteiger partial charge in [0.15, 0.2) is 0 Å². The van der Waals surface area contributed by atoms with E-state index < -0.39 is 12.6 Å². The van der Waals surface area contributed by atoms with Crippen molar-refractivity contribution in [3.05, 3.63) is 17.7 Å². The van der Waals surface area contributed by atoms with Crippen LogP contribution in [0.5, 0.6) is 5.75 Å². The summed E-state index contributed by atoms with van der Waals surface area (Å²) >= 11 is 0. The second-order valence-corrected chi connectivity index (χ2v) is 4.22. The number of anilines is 2. The molecule has 1 aromatic carbocycles. The topological polar surface area (TPSA) is 73.6 Å². The maximum absolute atomic E-state index is 12.3. The van der Waals surface area contributed by atoms with Crippen molar-refractivity contribution < 1.29 is 23.0 Å². The Hall–Kier alpha value is -2.05. The van der Waals surface area contributed by atoms with Gasteiger partial charge in [-0.3, -0.25) is 0 Å². The van der Waals surface area contributed by atoms with Gasteiger partial charge in [-0.1, -0.05) is 0 Å². The van der Waals surface area contributed by atoms with Crippen LogP contribution in [0.3, 0.4) is 0 Å². The molecule has 1 saturated carbocycles. The third-order valence-corrected chi connectivity index (χ3v) is 2.72. The molecule has 1 aliphatic rings. The van der Waals surface area contributed by atoms with E-state index in [2.05, 4.69) is 14.8 Å². The maximum atomic E-state index is 12.3. The molecule has 2 rings (SSSR count). The van der Waals surface area contributed by atoms with Crippen molar-refractivity contribution in [1.29, 1.82) is 0 Å². The highest BCUT2D eigenvalue weighted by molar-refractivity contribution is 5.99. The first kappa shape index (κ1) is 13.4. The van der Waals surface area contributed by atoms with Gasteiger partial charge < -0.3 is 20.5 Å². The summed E-state index contributed by atoms with van der Waals surface area (Å²) in [6, 6.07) is 2.76. The number of ether oxygens (including phenoxy) is 2. The number of nitrogens with two attached hydrogens (primary N) is 1. The van der Waals surface area contributed by atoms with Crippen molar-refractivity contribution in [1.82, 2.24) is 0 Å². The number of hydrogen-bond acceptors (Lipinski definition) is 5. The summed E-state index contributed by atoms with van der Waals surface area (Å²) in [5.41, 5.74) is 6.40. The first-order valence-corrected chi connectivity index (χ1v) is 5.74. The molecule has 19 heavy (non-hydrogen) atoms. The predicted octanol–water partition coefficient (Wildman–Crippen LogP) is 2.23. The molecular weight excluding hydrogens is 258 g/mol. The maximum Gasteiger partial charge on any atom is 0.387 e. The van der Waals surface area contributed by atoms with Crippen LogP contribution in [0.4, 0.5) is 20.2 Å². The smallest absolute Gasteiger partial charge is 0.387 e. The van der Waals surface area contributed by atoms with E-state index in [0.29, 0.717) is 5.69 Å². The van der Waals surface area contributed by atoms with Crippen LogP contribution in [0, 0.1) is 0 Å². The zero-order valence-electron chi connectivity index (χ0n) is 10.3. The molecular formula is C12H14F2N2O3. The fourth-order valence-corrected chi connectivity index (χ4v) is 1.64. The minimum absolute atomic E-state index is 0.00352. The lowest BCUT2D eigenvalue weighted by Crippen LogP contribution is -2.12. The second-order valence-electron chi connectivity index (χ2n) is 4.22. The molecule has 0 bridgehead atoms. The summed E-state index contributed by atoms with van der Waals surface area (Å²) in [5, 5.41) is 3.06. The second kappa shape index (κ2) is 5.29. The highest BCUT2D eigenvalue weighted by Crippen LogP contribution is 2.34. The van der Waals surface area contributed by atoms with E-state index in [9.17, 15) is 13.6 Å². The molecule has 7 heteroatoms. The number of nitrogen functional groups attached to an aromatic ring is 1. The van der Waals surface area contributed by atoms with Gasteiger partial charge in [-0.05, 0) is 18.9 Å². The lowest BCUT2D eigenvalue weighted by Gasteiger charge is -2.14. The van der Waals surface area contributed by atoms with Crippen LogP contribution < -0.4 is 15.8 Å². The highest BCUT2D eigenvalue weighted by atomic mass is 19.3. The standard InChI is InChI=1S/C12H14F2N2O3/c1-18-11(17)8-4-7(19-12(13)14)5-9(10(8)15)16-6-2-3-6/h4-6,12,16H,2-3,15H2,1H3. The summed E-state index contributed by atoms with van der Waals surface area (Å²) in [6.07, 6.45) is 1.96. The summed E-state index contributed by atoms with van der Waals surface area (Å²) in [4.78, 5) is 11.6. The van der Waals surface area contributed by atoms with Gasteiger partial charge in [0.2, 0.25) is 0 Å². The fraction of sp³-hybridized carbons (Fsp3) is 0.417. The molecule has 1 fully saturated rings. The lowest BCUT2D eigenvalue weighted by molar-refractivity contribution is -0.0498. The van der Waals surface area contributed by atoms with Gasteiger partial charge in [0.1, 0.15) is 5.75 Å². The molecule has 0 spiro atoms. The van der Waals surface area contributed by atoms with E-state index in [0.717, 1.165) is 18.9 Å². The third-order valence-electron chi connectivity index (χ3n) is 2.72. The quantitative estimate of drug-likeness (QED) is 0.635. The Morgan fingerprint density at radius 3 is 2.68 bits per heavy atom. The van der Waals surface area contributed by atoms with Crippen molar-refractivity contribution in [3.63, 3.8) is 0 Å². The van der Waals surface area contributed by atoms with E-state index in [4.69, 9.17) is 5.73 Å². The summed E-state index contributed by atoms with van der Waals surface area (Å²) in [6.45, 7) is -2.97. The number of carbonyl (C=O) groups excluding carboxylic acids is 1. The number of esters is 1. The first-order valence-electron chi connectivity index (χ1n) is 5.74. The van der Waals surface area contributed by atoms with Crippen molar-refractivity contribution in [2.24, 2.45) is 0 Å². The Labute approximate surface area is 108 Å². The molecule has 1 aromatic rings. The highest BCUT2D eigenvalue weighted by Gasteiger charge is 2.24. The molecule has 5 nitrogen and oxygen atoms in total. The van der Waals surface area contributed by atoms with Crippen LogP contribution in [0.15, 0.2) is 12.1 Å². The number of rotatable bonds is 5. The van der Waals surface area contributed by atoms with Crippen LogP contribution >= 0.6 is 0 Å². The number of nitrogens with one attached hydrogen (secondary N) is 1. The number of halogens is 2. The zero-order valence-corrected chi connectivity index (χ0v) is 10.3. The summed E-state index contributed by atoms with van der Waals surface area (Å²) < 4.78 is 33.4. The largest absolute Gasteiger partial charge is 0.465 e. The lowest BCUT2D eigenvalue weighted by atomic mass is 10.1. The molecule has 3 N–H and O–H groups in total. The molecule has 0 radical (unpaired) electrons. The molecule has 0 saturated heterocycles. The van der Waals surface area contributed by atoms with Crippen LogP contribution in [-0.2, 0) is 4.74 Å². The summed E-state index contributed by atoms with van der Waals surface area (Å²) in [7, 11) is 1.19. The van der Waals surface area contributed by atoms with Crippen molar-refractivity contribution >= 4 is 17.3 Å². The van der Waals surface area contributed by atoms with Crippen LogP contribution in [0.25, 0.3) is 0 Å². The number of benzene rings is 1. The zero-order chi connectivity index (χ0) is 14.0. The third kappa shape index (κ3) is 3.24. The van der Waals surface area contributed by atoms with E-state index >= 15 is 0 Å². The van der Waals surface area contributed by atoms with Gasteiger partial charge in [-0.25, -0.2) is 4.79 Å². The average Bonchev–Trinajstić information content (AvgIpc) is 3.15. The van der Waals surface area contributed by atoms with E-state index in [1.807, 2.05) is 0 Å². The molecule has 0 amide bonds. The number of methoxy groups -OCH3 is 1. The van der Waals surface area contributed by atoms with Gasteiger partial charge in [0.25, 0.3) is 0 Å². The Balaban J connectivity index is 2.36. The van der Waals surface area contributed by atoms with Gasteiger partial charge in [0.05, 0.1) is 24.0 Å². The van der Waals surface area contributed by atoms with Gasteiger partial charge in [-0.2, -0.15) is 8.78 Å². The fourth-order valence-electron chi connectivity index (χ4n) is 1.64. The van der Waals surface area contributed by atoms with Crippen LogP contribution in [-0.4, -0.2) is 25.7 Å². The molecule has 0 aliphatic heterocycles. The predicted molar refractivity (Wildman–Crippen MR) is 65.5 cm³/mol. The molecule has 0 aromatic heterocycles. The van der Waals surface area contributed by atoms with Crippen molar-refractivity contribution in [2.75, 3.05) is 18.2 Å². The van der Waals surface area contributed by atoms with E-state index in [-0.39, 0.29) is 23.0 Å². The molecule has 104 valence electrons. The average molecular weight is 272 g/mol. The molecule has 1 aliphatic carbocycles. The van der Waals surface area contributed by atoms with E-state index in [1.54, 1.807) is 0 Å². The van der Waals surface area contributed by atoms with Gasteiger partial charge in [-0.15, -0.1) is 0 Å². The Morgan fingerprint density at radius 1 is 1.47 bits per heavy atom. The van der Waals surface area contributed by atoms with Crippen LogP contribution in [0.1, 0.15) is 23.2 Å². The number of alkyl halides is 2. The Morgan fingerprint density at radius 2 is 2.16 bits per heavy atom. The summed E-state index contributed by atoms with van der Waals surface area (Å²) in [5.74, 6) is -0.830. The van der Waals surface area contributed by atoms with E-state index in [1.165, 1.54) is 13.2 Å². The minimum atomic E-state index is -2.97. The Kier molecular flexibility index (Phi) is 3.73. The van der Waals surface area contributed by atoms with Crippen molar-refractivity contribution in [3.8, 4) is 5.75 Å². The Bertz CT molecular complexity index is 490. The normalized spacial score (nSPS) is 14.3. The van der Waals surface area contributed by atoms with Gasteiger partial charge in [0, 0.05) is 12.1 Å². The minimum Gasteiger partial charge on any atom is -0.465 e. The molecule has 0 heterocycles. The first-order chi connectivity index (χ1) is 9.01. The molecule has 0 atom stereocenters. The SMILES string of the molecule is COC(=O)c1cc(OC(F)F)cc(NC2CC2)c1N. The van der Waals surface area contributed by atoms with Crippen LogP contribution in [0.2, 0.25) is 0 Å². The van der Waals surface area contributed by atoms with Gasteiger partial charge >= 0.3 is 12.6 Å². The van der Waals surface area contributed by atoms with Crippen molar-refractivity contribution in [2.45, 2.75) is 25.5 Å². The monoisotopic (exact) mass is 272 g/mol. The number of carbonyl (C=O) groups is 1. The molecule has 0 unspecified atom stereocenters. The number of hydrogen-bond donors (Lipinski definition) is 2.